The average Bonchev–Trinajstić information content (AvgIpc) is 1.98. The summed E-state index contributed by atoms with van der Waals surface area (Å²) in [5.74, 6) is 0.830. The van der Waals surface area contributed by atoms with Gasteiger partial charge >= 0.3 is 5.97 Å². The van der Waals surface area contributed by atoms with Crippen LogP contribution in [-0.2, 0) is 4.79 Å². The van der Waals surface area contributed by atoms with E-state index >= 15 is 0 Å². The van der Waals surface area contributed by atoms with Crippen molar-refractivity contribution in [1.82, 2.24) is 4.90 Å². The van der Waals surface area contributed by atoms with Crippen LogP contribution in [0, 0.1) is 11.8 Å². The molecule has 0 amide bonds. The van der Waals surface area contributed by atoms with Gasteiger partial charge < -0.3 is 5.11 Å². The lowest BCUT2D eigenvalue weighted by atomic mass is 9.86. The summed E-state index contributed by atoms with van der Waals surface area (Å²) in [6.45, 7) is 8.71. The van der Waals surface area contributed by atoms with Crippen LogP contribution in [-0.4, -0.2) is 35.1 Å². The number of aliphatic carboxylic acids is 1. The second-order valence-corrected chi connectivity index (χ2v) is 4.62. The van der Waals surface area contributed by atoms with Gasteiger partial charge in [-0.3, -0.25) is 9.69 Å². The molecule has 14 heavy (non-hydrogen) atoms. The second kappa shape index (κ2) is 4.78. The van der Waals surface area contributed by atoms with Gasteiger partial charge in [0.1, 0.15) is 0 Å². The molecule has 0 bridgehead atoms. The Kier molecular flexibility index (Phi) is 3.93. The van der Waals surface area contributed by atoms with E-state index in [1.165, 1.54) is 0 Å². The molecule has 0 aliphatic carbocycles. The van der Waals surface area contributed by atoms with E-state index in [9.17, 15) is 4.79 Å². The van der Waals surface area contributed by atoms with E-state index in [-0.39, 0.29) is 6.04 Å². The van der Waals surface area contributed by atoms with Crippen LogP contribution in [0.1, 0.15) is 33.6 Å². The maximum atomic E-state index is 10.6. The summed E-state index contributed by atoms with van der Waals surface area (Å²) in [7, 11) is 0. The normalized spacial score (nSPS) is 20.9. The second-order valence-electron chi connectivity index (χ2n) is 4.62. The Bertz CT molecular complexity index is 197. The fourth-order valence-corrected chi connectivity index (χ4v) is 2.00. The maximum Gasteiger partial charge on any atom is 0.304 e. The standard InChI is InChI=1S/C11H21NO2/c1-4-10(5-11(13)14)12-6-9(7-12)8(2)3/h8-10H,4-7H2,1-3H3,(H,13,14). The van der Waals surface area contributed by atoms with E-state index in [0.29, 0.717) is 6.42 Å². The quantitative estimate of drug-likeness (QED) is 0.734. The first kappa shape index (κ1) is 11.5. The minimum atomic E-state index is -0.676. The third-order valence-electron chi connectivity index (χ3n) is 3.28. The predicted octanol–water partition coefficient (Wildman–Crippen LogP) is 1.83. The molecular weight excluding hydrogens is 178 g/mol. The van der Waals surface area contributed by atoms with Crippen molar-refractivity contribution in [2.24, 2.45) is 11.8 Å². The molecule has 0 radical (unpaired) electrons. The van der Waals surface area contributed by atoms with Crippen molar-refractivity contribution in [3.8, 4) is 0 Å². The van der Waals surface area contributed by atoms with Crippen molar-refractivity contribution in [3.05, 3.63) is 0 Å². The third-order valence-corrected chi connectivity index (χ3v) is 3.28. The Morgan fingerprint density at radius 1 is 1.50 bits per heavy atom. The molecule has 1 aliphatic heterocycles. The molecule has 1 atom stereocenters. The molecule has 0 aromatic carbocycles. The third kappa shape index (κ3) is 2.71. The van der Waals surface area contributed by atoms with Gasteiger partial charge in [0.25, 0.3) is 0 Å². The average molecular weight is 199 g/mol. The zero-order chi connectivity index (χ0) is 10.7. The van der Waals surface area contributed by atoms with Gasteiger partial charge in [-0.05, 0) is 18.3 Å². The first-order valence-electron chi connectivity index (χ1n) is 5.50. The lowest BCUT2D eigenvalue weighted by molar-refractivity contribution is -0.139. The van der Waals surface area contributed by atoms with E-state index in [2.05, 4.69) is 25.7 Å². The number of carboxylic acids is 1. The fourth-order valence-electron chi connectivity index (χ4n) is 2.00. The van der Waals surface area contributed by atoms with Gasteiger partial charge in [0.15, 0.2) is 0 Å². The van der Waals surface area contributed by atoms with Crippen LogP contribution in [0.4, 0.5) is 0 Å². The molecule has 0 spiro atoms. The zero-order valence-electron chi connectivity index (χ0n) is 9.36. The minimum Gasteiger partial charge on any atom is -0.481 e. The van der Waals surface area contributed by atoms with Gasteiger partial charge in [-0.1, -0.05) is 20.8 Å². The highest BCUT2D eigenvalue weighted by molar-refractivity contribution is 5.67. The number of carbonyl (C=O) groups is 1. The monoisotopic (exact) mass is 199 g/mol. The van der Waals surface area contributed by atoms with Gasteiger partial charge in [0.05, 0.1) is 6.42 Å². The smallest absolute Gasteiger partial charge is 0.304 e. The van der Waals surface area contributed by atoms with Crippen molar-refractivity contribution >= 4 is 5.97 Å². The number of carboxylic acid groups (broad SMARTS) is 1. The van der Waals surface area contributed by atoms with Gasteiger partial charge in [0.2, 0.25) is 0 Å². The molecule has 1 saturated heterocycles. The summed E-state index contributed by atoms with van der Waals surface area (Å²) in [6, 6.07) is 0.252. The molecule has 82 valence electrons. The summed E-state index contributed by atoms with van der Waals surface area (Å²) in [5, 5.41) is 8.73. The summed E-state index contributed by atoms with van der Waals surface area (Å²) in [6.07, 6.45) is 1.23. The Morgan fingerprint density at radius 2 is 2.07 bits per heavy atom. The molecule has 1 heterocycles. The number of hydrogen-bond donors (Lipinski definition) is 1. The van der Waals surface area contributed by atoms with Crippen molar-refractivity contribution in [3.63, 3.8) is 0 Å². The molecule has 1 rings (SSSR count). The van der Waals surface area contributed by atoms with Gasteiger partial charge in [-0.25, -0.2) is 0 Å². The van der Waals surface area contributed by atoms with Crippen LogP contribution in [0.5, 0.6) is 0 Å². The van der Waals surface area contributed by atoms with Gasteiger partial charge in [-0.15, -0.1) is 0 Å². The van der Waals surface area contributed by atoms with Crippen LogP contribution in [0.15, 0.2) is 0 Å². The van der Waals surface area contributed by atoms with Crippen LogP contribution < -0.4 is 0 Å². The van der Waals surface area contributed by atoms with E-state index in [0.717, 1.165) is 31.3 Å². The molecular formula is C11H21NO2. The number of rotatable bonds is 5. The Hall–Kier alpha value is -0.570. The van der Waals surface area contributed by atoms with E-state index < -0.39 is 5.97 Å². The van der Waals surface area contributed by atoms with Crippen LogP contribution in [0.25, 0.3) is 0 Å². The van der Waals surface area contributed by atoms with Crippen LogP contribution in [0.3, 0.4) is 0 Å². The molecule has 3 heteroatoms. The highest BCUT2D eigenvalue weighted by Gasteiger charge is 2.33. The molecule has 0 saturated carbocycles. The first-order valence-corrected chi connectivity index (χ1v) is 5.50. The SMILES string of the molecule is CCC(CC(=O)O)N1CC(C(C)C)C1. The minimum absolute atomic E-state index is 0.252. The molecule has 0 aromatic rings. The Labute approximate surface area is 86.1 Å². The molecule has 1 N–H and O–H groups in total. The molecule has 1 unspecified atom stereocenters. The first-order chi connectivity index (χ1) is 6.54. The fraction of sp³-hybridized carbons (Fsp3) is 0.909. The van der Waals surface area contributed by atoms with Crippen molar-refractivity contribution in [2.45, 2.75) is 39.7 Å². The van der Waals surface area contributed by atoms with E-state index in [1.54, 1.807) is 0 Å². The van der Waals surface area contributed by atoms with Crippen molar-refractivity contribution < 1.29 is 9.90 Å². The lowest BCUT2D eigenvalue weighted by Crippen LogP contribution is -2.54. The predicted molar refractivity (Wildman–Crippen MR) is 56.2 cm³/mol. The van der Waals surface area contributed by atoms with Crippen LogP contribution >= 0.6 is 0 Å². The summed E-state index contributed by atoms with van der Waals surface area (Å²) in [5.41, 5.74) is 0. The Balaban J connectivity index is 2.32. The highest BCUT2D eigenvalue weighted by atomic mass is 16.4. The van der Waals surface area contributed by atoms with Gasteiger partial charge in [0, 0.05) is 19.1 Å². The summed E-state index contributed by atoms with van der Waals surface area (Å²) >= 11 is 0. The summed E-state index contributed by atoms with van der Waals surface area (Å²) in [4.78, 5) is 12.9. The maximum absolute atomic E-state index is 10.6. The van der Waals surface area contributed by atoms with Gasteiger partial charge in [-0.2, -0.15) is 0 Å². The number of hydrogen-bond acceptors (Lipinski definition) is 2. The summed E-state index contributed by atoms with van der Waals surface area (Å²) < 4.78 is 0. The topological polar surface area (TPSA) is 40.5 Å². The van der Waals surface area contributed by atoms with E-state index in [4.69, 9.17) is 5.11 Å². The molecule has 1 aliphatic rings. The van der Waals surface area contributed by atoms with Crippen molar-refractivity contribution in [2.75, 3.05) is 13.1 Å². The molecule has 0 aromatic heterocycles. The number of likely N-dealkylation sites (tertiary alicyclic amines) is 1. The molecule has 1 fully saturated rings. The Morgan fingerprint density at radius 3 is 2.43 bits per heavy atom. The zero-order valence-corrected chi connectivity index (χ0v) is 9.36. The van der Waals surface area contributed by atoms with Crippen LogP contribution in [0.2, 0.25) is 0 Å². The largest absolute Gasteiger partial charge is 0.481 e. The number of nitrogens with zero attached hydrogens (tertiary/aromatic N) is 1. The van der Waals surface area contributed by atoms with E-state index in [1.807, 2.05) is 0 Å². The highest BCUT2D eigenvalue weighted by Crippen LogP contribution is 2.27. The van der Waals surface area contributed by atoms with Crippen molar-refractivity contribution in [1.29, 1.82) is 0 Å². The molecule has 3 nitrogen and oxygen atoms in total. The lowest BCUT2D eigenvalue weighted by Gasteiger charge is -2.45.